The van der Waals surface area contributed by atoms with Gasteiger partial charge in [-0.05, 0) is 18.2 Å². The van der Waals surface area contributed by atoms with E-state index in [1.807, 2.05) is 18.2 Å². The second-order valence-corrected chi connectivity index (χ2v) is 3.17. The minimum Gasteiger partial charge on any atom is -0.618 e. The van der Waals surface area contributed by atoms with Crippen molar-refractivity contribution in [2.75, 3.05) is 7.11 Å². The smallest absolute Gasteiger partial charge is 0.266 e. The van der Waals surface area contributed by atoms with Crippen LogP contribution in [0.5, 0.6) is 5.75 Å². The van der Waals surface area contributed by atoms with Gasteiger partial charge in [0.15, 0.2) is 11.4 Å². The molecule has 0 bridgehead atoms. The van der Waals surface area contributed by atoms with Gasteiger partial charge in [0, 0.05) is 13.0 Å². The summed E-state index contributed by atoms with van der Waals surface area (Å²) in [6.45, 7) is 1.78. The second-order valence-electron chi connectivity index (χ2n) is 3.17. The van der Waals surface area contributed by atoms with E-state index < -0.39 is 0 Å². The number of pyridine rings is 1. The summed E-state index contributed by atoms with van der Waals surface area (Å²) in [7, 11) is 1.57. The van der Waals surface area contributed by atoms with Crippen LogP contribution in [0.25, 0.3) is 10.9 Å². The van der Waals surface area contributed by atoms with E-state index in [1.165, 1.54) is 0 Å². The number of fused-ring (bicyclic) bond motifs is 1. The molecule has 2 rings (SSSR count). The highest BCUT2D eigenvalue weighted by Crippen LogP contribution is 2.21. The second kappa shape index (κ2) is 3.18. The Morgan fingerprint density at radius 1 is 1.21 bits per heavy atom. The topological polar surface area (TPSA) is 36.2 Å². The highest BCUT2D eigenvalue weighted by Gasteiger charge is 2.11. The average molecular weight is 189 g/mol. The minimum absolute atomic E-state index is 0.593. The zero-order chi connectivity index (χ0) is 10.1. The molecule has 3 heteroatoms. The number of hydrogen-bond donors (Lipinski definition) is 0. The van der Waals surface area contributed by atoms with E-state index >= 15 is 0 Å². The number of rotatable bonds is 1. The predicted octanol–water partition coefficient (Wildman–Crippen LogP) is 1.79. The molecule has 14 heavy (non-hydrogen) atoms. The van der Waals surface area contributed by atoms with Gasteiger partial charge in [-0.25, -0.2) is 0 Å². The molecule has 0 aliphatic carbocycles. The largest absolute Gasteiger partial charge is 0.618 e. The molecule has 1 aromatic carbocycles. The molecule has 0 aliphatic heterocycles. The molecule has 72 valence electrons. The molecule has 1 heterocycles. The fourth-order valence-electron chi connectivity index (χ4n) is 1.51. The van der Waals surface area contributed by atoms with Gasteiger partial charge in [0.2, 0.25) is 0 Å². The molecule has 0 saturated heterocycles. The van der Waals surface area contributed by atoms with E-state index in [1.54, 1.807) is 26.2 Å². The molecule has 0 aliphatic rings. The van der Waals surface area contributed by atoms with Gasteiger partial charge in [-0.3, -0.25) is 0 Å². The van der Waals surface area contributed by atoms with Gasteiger partial charge in [-0.1, -0.05) is 6.07 Å². The average Bonchev–Trinajstić information content (AvgIpc) is 2.23. The van der Waals surface area contributed by atoms with E-state index in [2.05, 4.69) is 0 Å². The third kappa shape index (κ3) is 1.18. The maximum atomic E-state index is 11.7. The van der Waals surface area contributed by atoms with Crippen LogP contribution in [0, 0.1) is 12.1 Å². The third-order valence-corrected chi connectivity index (χ3v) is 2.28. The van der Waals surface area contributed by atoms with Crippen LogP contribution in [0.15, 0.2) is 30.3 Å². The van der Waals surface area contributed by atoms with Gasteiger partial charge in [0.1, 0.15) is 0 Å². The quantitative estimate of drug-likeness (QED) is 0.506. The standard InChI is InChI=1S/C11H11NO2/c1-8-6-7-9-4-3-5-10(14-2)11(9)12(8)13/h3-7H,1-2H3. The first-order valence-electron chi connectivity index (χ1n) is 4.40. The minimum atomic E-state index is 0.593. The molecule has 0 fully saturated rings. The van der Waals surface area contributed by atoms with Gasteiger partial charge < -0.3 is 9.94 Å². The molecule has 0 radical (unpaired) electrons. The number of ether oxygens (including phenoxy) is 1. The van der Waals surface area contributed by atoms with E-state index in [0.717, 1.165) is 10.1 Å². The molecule has 2 aromatic rings. The van der Waals surface area contributed by atoms with Crippen molar-refractivity contribution < 1.29 is 9.47 Å². The van der Waals surface area contributed by atoms with E-state index in [0.29, 0.717) is 17.0 Å². The lowest BCUT2D eigenvalue weighted by molar-refractivity contribution is -0.584. The summed E-state index contributed by atoms with van der Waals surface area (Å²) in [6.07, 6.45) is 0. The molecule has 0 amide bonds. The van der Waals surface area contributed by atoms with Crippen molar-refractivity contribution in [3.8, 4) is 5.75 Å². The zero-order valence-corrected chi connectivity index (χ0v) is 8.15. The number of para-hydroxylation sites is 1. The van der Waals surface area contributed by atoms with Crippen molar-refractivity contribution >= 4 is 10.9 Å². The van der Waals surface area contributed by atoms with Crippen LogP contribution in [-0.2, 0) is 0 Å². The monoisotopic (exact) mass is 189 g/mol. The molecule has 0 spiro atoms. The number of methoxy groups -OCH3 is 1. The van der Waals surface area contributed by atoms with Gasteiger partial charge in [0.05, 0.1) is 12.5 Å². The van der Waals surface area contributed by atoms with Crippen LogP contribution in [0.2, 0.25) is 0 Å². The Labute approximate surface area is 82.1 Å². The normalized spacial score (nSPS) is 10.4. The van der Waals surface area contributed by atoms with Crippen molar-refractivity contribution in [3.05, 3.63) is 41.2 Å². The maximum absolute atomic E-state index is 11.7. The Hall–Kier alpha value is -1.77. The van der Waals surface area contributed by atoms with Crippen LogP contribution in [0.4, 0.5) is 0 Å². The van der Waals surface area contributed by atoms with Crippen molar-refractivity contribution in [1.29, 1.82) is 0 Å². The number of nitrogens with zero attached hydrogens (tertiary/aromatic N) is 1. The SMILES string of the molecule is COc1cccc2ccc(C)[n+]([O-])c12. The molecule has 3 nitrogen and oxygen atoms in total. The van der Waals surface area contributed by atoms with Crippen molar-refractivity contribution in [3.63, 3.8) is 0 Å². The summed E-state index contributed by atoms with van der Waals surface area (Å²) < 4.78 is 6.04. The summed E-state index contributed by atoms with van der Waals surface area (Å²) in [5.74, 6) is 0.612. The van der Waals surface area contributed by atoms with Crippen molar-refractivity contribution in [2.45, 2.75) is 6.92 Å². The molecule has 0 atom stereocenters. The molecular formula is C11H11NO2. The summed E-state index contributed by atoms with van der Waals surface area (Å²) in [6, 6.07) is 9.27. The van der Waals surface area contributed by atoms with Crippen molar-refractivity contribution in [2.24, 2.45) is 0 Å². The first kappa shape index (κ1) is 8.81. The lowest BCUT2D eigenvalue weighted by Gasteiger charge is -2.07. The first-order valence-corrected chi connectivity index (χ1v) is 4.40. The highest BCUT2D eigenvalue weighted by molar-refractivity contribution is 5.81. The first-order chi connectivity index (χ1) is 6.74. The number of benzene rings is 1. The Morgan fingerprint density at radius 2 is 2.00 bits per heavy atom. The van der Waals surface area contributed by atoms with Gasteiger partial charge in [-0.2, -0.15) is 4.73 Å². The fraction of sp³-hybridized carbons (Fsp3) is 0.182. The van der Waals surface area contributed by atoms with E-state index in [-0.39, 0.29) is 0 Å². The Bertz CT molecular complexity index is 480. The Morgan fingerprint density at radius 3 is 2.71 bits per heavy atom. The van der Waals surface area contributed by atoms with Gasteiger partial charge in [-0.15, -0.1) is 0 Å². The summed E-state index contributed by atoms with van der Waals surface area (Å²) in [5, 5.41) is 12.6. The van der Waals surface area contributed by atoms with E-state index in [4.69, 9.17) is 4.74 Å². The van der Waals surface area contributed by atoms with Crippen LogP contribution in [0.1, 0.15) is 5.69 Å². The van der Waals surface area contributed by atoms with E-state index in [9.17, 15) is 5.21 Å². The predicted molar refractivity (Wildman–Crippen MR) is 54.2 cm³/mol. The molecule has 0 N–H and O–H groups in total. The van der Waals surface area contributed by atoms with Gasteiger partial charge in [0.25, 0.3) is 5.52 Å². The van der Waals surface area contributed by atoms with Crippen LogP contribution >= 0.6 is 0 Å². The van der Waals surface area contributed by atoms with Gasteiger partial charge >= 0.3 is 0 Å². The molecule has 0 unspecified atom stereocenters. The third-order valence-electron chi connectivity index (χ3n) is 2.28. The molecule has 0 saturated carbocycles. The Kier molecular flexibility index (Phi) is 2.00. The summed E-state index contributed by atoms with van der Waals surface area (Å²) >= 11 is 0. The molecular weight excluding hydrogens is 178 g/mol. The number of aryl methyl sites for hydroxylation is 1. The lowest BCUT2D eigenvalue weighted by atomic mass is 10.2. The summed E-state index contributed by atoms with van der Waals surface area (Å²) in [5.41, 5.74) is 1.26. The Balaban J connectivity index is 2.89. The van der Waals surface area contributed by atoms with Crippen molar-refractivity contribution in [1.82, 2.24) is 0 Å². The highest BCUT2D eigenvalue weighted by atomic mass is 16.5. The fourth-order valence-corrected chi connectivity index (χ4v) is 1.51. The number of aromatic nitrogens is 1. The van der Waals surface area contributed by atoms with Crippen LogP contribution < -0.4 is 9.47 Å². The lowest BCUT2D eigenvalue weighted by Crippen LogP contribution is -2.31. The van der Waals surface area contributed by atoms with Crippen LogP contribution in [-0.4, -0.2) is 7.11 Å². The summed E-state index contributed by atoms with van der Waals surface area (Å²) in [4.78, 5) is 0. The number of hydrogen-bond acceptors (Lipinski definition) is 2. The van der Waals surface area contributed by atoms with Crippen LogP contribution in [0.3, 0.4) is 0 Å². The zero-order valence-electron chi connectivity index (χ0n) is 8.15. The maximum Gasteiger partial charge on any atom is 0.266 e. The molecule has 1 aromatic heterocycles.